The Morgan fingerprint density at radius 2 is 2.27 bits per heavy atom. The molecule has 0 bridgehead atoms. The van der Waals surface area contributed by atoms with E-state index in [0.717, 1.165) is 17.7 Å². The van der Waals surface area contributed by atoms with Crippen LogP contribution in [-0.2, 0) is 4.79 Å². The van der Waals surface area contributed by atoms with Gasteiger partial charge in [0.25, 0.3) is 0 Å². The van der Waals surface area contributed by atoms with Crippen LogP contribution in [0.1, 0.15) is 38.3 Å². The van der Waals surface area contributed by atoms with Gasteiger partial charge < -0.3 is 11.1 Å². The van der Waals surface area contributed by atoms with Gasteiger partial charge in [-0.05, 0) is 31.0 Å². The smallest absolute Gasteiger partial charge is 0.220 e. The molecule has 3 nitrogen and oxygen atoms in total. The minimum absolute atomic E-state index is 0.0209. The highest BCUT2D eigenvalue weighted by Gasteiger charge is 2.08. The second-order valence-corrected chi connectivity index (χ2v) is 3.71. The molecule has 0 aliphatic carbocycles. The molecule has 3 heteroatoms. The Balaban J connectivity index is 2.60. The lowest BCUT2D eigenvalue weighted by Gasteiger charge is -2.14. The fourth-order valence-electron chi connectivity index (χ4n) is 1.45. The SMILES string of the molecule is CCCC(=O)NC(C)c1cccc(N)c1. The van der Waals surface area contributed by atoms with Gasteiger partial charge in [-0.2, -0.15) is 0 Å². The first kappa shape index (κ1) is 11.6. The number of anilines is 1. The summed E-state index contributed by atoms with van der Waals surface area (Å²) < 4.78 is 0. The van der Waals surface area contributed by atoms with Crippen LogP contribution in [0.15, 0.2) is 24.3 Å². The molecule has 82 valence electrons. The van der Waals surface area contributed by atoms with Crippen molar-refractivity contribution in [1.29, 1.82) is 0 Å². The molecule has 0 spiro atoms. The van der Waals surface area contributed by atoms with Gasteiger partial charge in [0, 0.05) is 12.1 Å². The predicted molar refractivity (Wildman–Crippen MR) is 62.3 cm³/mol. The third kappa shape index (κ3) is 3.62. The number of nitrogens with one attached hydrogen (secondary N) is 1. The summed E-state index contributed by atoms with van der Waals surface area (Å²) in [6, 6.07) is 7.61. The molecular weight excluding hydrogens is 188 g/mol. The van der Waals surface area contributed by atoms with Crippen molar-refractivity contribution in [1.82, 2.24) is 5.32 Å². The third-order valence-electron chi connectivity index (χ3n) is 2.27. The van der Waals surface area contributed by atoms with Crippen molar-refractivity contribution < 1.29 is 4.79 Å². The van der Waals surface area contributed by atoms with E-state index < -0.39 is 0 Å². The second-order valence-electron chi connectivity index (χ2n) is 3.71. The zero-order valence-electron chi connectivity index (χ0n) is 9.29. The molecular formula is C12H18N2O. The van der Waals surface area contributed by atoms with E-state index in [1.165, 1.54) is 0 Å². The van der Waals surface area contributed by atoms with Crippen molar-refractivity contribution in [2.45, 2.75) is 32.7 Å². The van der Waals surface area contributed by atoms with Gasteiger partial charge in [0.2, 0.25) is 5.91 Å². The van der Waals surface area contributed by atoms with Gasteiger partial charge in [-0.3, -0.25) is 4.79 Å². The van der Waals surface area contributed by atoms with Crippen LogP contribution in [0.2, 0.25) is 0 Å². The summed E-state index contributed by atoms with van der Waals surface area (Å²) in [5, 5.41) is 2.93. The molecule has 1 aromatic carbocycles. The van der Waals surface area contributed by atoms with E-state index in [9.17, 15) is 4.79 Å². The number of benzene rings is 1. The Morgan fingerprint density at radius 1 is 1.53 bits per heavy atom. The maximum Gasteiger partial charge on any atom is 0.220 e. The molecule has 15 heavy (non-hydrogen) atoms. The summed E-state index contributed by atoms with van der Waals surface area (Å²) in [5.41, 5.74) is 7.44. The monoisotopic (exact) mass is 206 g/mol. The number of hydrogen-bond donors (Lipinski definition) is 2. The summed E-state index contributed by atoms with van der Waals surface area (Å²) in [4.78, 5) is 11.4. The maximum atomic E-state index is 11.4. The van der Waals surface area contributed by atoms with Crippen molar-refractivity contribution in [2.75, 3.05) is 5.73 Å². The standard InChI is InChI=1S/C12H18N2O/c1-3-5-12(15)14-9(2)10-6-4-7-11(13)8-10/h4,6-9H,3,5,13H2,1-2H3,(H,14,15). The summed E-state index contributed by atoms with van der Waals surface area (Å²) >= 11 is 0. The van der Waals surface area contributed by atoms with Crippen LogP contribution in [-0.4, -0.2) is 5.91 Å². The number of carbonyl (C=O) groups excluding carboxylic acids is 1. The molecule has 1 rings (SSSR count). The predicted octanol–water partition coefficient (Wildman–Crippen LogP) is 2.25. The number of hydrogen-bond acceptors (Lipinski definition) is 2. The van der Waals surface area contributed by atoms with Crippen LogP contribution >= 0.6 is 0 Å². The van der Waals surface area contributed by atoms with Gasteiger partial charge >= 0.3 is 0 Å². The van der Waals surface area contributed by atoms with Crippen LogP contribution in [0.25, 0.3) is 0 Å². The summed E-state index contributed by atoms with van der Waals surface area (Å²) in [6.45, 7) is 3.95. The molecule has 3 N–H and O–H groups in total. The first-order valence-electron chi connectivity index (χ1n) is 5.28. The van der Waals surface area contributed by atoms with E-state index in [0.29, 0.717) is 6.42 Å². The number of nitrogens with two attached hydrogens (primary N) is 1. The highest BCUT2D eigenvalue weighted by atomic mass is 16.1. The minimum Gasteiger partial charge on any atom is -0.399 e. The largest absolute Gasteiger partial charge is 0.399 e. The Morgan fingerprint density at radius 3 is 2.87 bits per heavy atom. The second kappa shape index (κ2) is 5.39. The van der Waals surface area contributed by atoms with Gasteiger partial charge in [-0.15, -0.1) is 0 Å². The highest BCUT2D eigenvalue weighted by molar-refractivity contribution is 5.76. The lowest BCUT2D eigenvalue weighted by atomic mass is 10.1. The lowest BCUT2D eigenvalue weighted by molar-refractivity contribution is -0.121. The van der Waals surface area contributed by atoms with Crippen LogP contribution in [0, 0.1) is 0 Å². The number of rotatable bonds is 4. The van der Waals surface area contributed by atoms with Crippen LogP contribution in [0.5, 0.6) is 0 Å². The van der Waals surface area contributed by atoms with Crippen molar-refractivity contribution >= 4 is 11.6 Å². The molecule has 0 fully saturated rings. The normalized spacial score (nSPS) is 12.1. The van der Waals surface area contributed by atoms with Crippen molar-refractivity contribution in [3.05, 3.63) is 29.8 Å². The number of amides is 1. The molecule has 0 radical (unpaired) electrons. The quantitative estimate of drug-likeness (QED) is 0.742. The van der Waals surface area contributed by atoms with E-state index in [1.54, 1.807) is 0 Å². The van der Waals surface area contributed by atoms with Crippen LogP contribution in [0.3, 0.4) is 0 Å². The number of nitrogen functional groups attached to an aromatic ring is 1. The molecule has 1 unspecified atom stereocenters. The fraction of sp³-hybridized carbons (Fsp3) is 0.417. The Kier molecular flexibility index (Phi) is 4.16. The van der Waals surface area contributed by atoms with Gasteiger partial charge in [0.1, 0.15) is 0 Å². The average molecular weight is 206 g/mol. The minimum atomic E-state index is 0.0209. The first-order valence-corrected chi connectivity index (χ1v) is 5.28. The van der Waals surface area contributed by atoms with Crippen LogP contribution < -0.4 is 11.1 Å². The average Bonchev–Trinajstić information content (AvgIpc) is 2.18. The van der Waals surface area contributed by atoms with E-state index in [2.05, 4.69) is 5.32 Å². The first-order chi connectivity index (χ1) is 7.13. The van der Waals surface area contributed by atoms with E-state index >= 15 is 0 Å². The van der Waals surface area contributed by atoms with Gasteiger partial charge in [0.15, 0.2) is 0 Å². The Hall–Kier alpha value is -1.51. The van der Waals surface area contributed by atoms with Gasteiger partial charge in [0.05, 0.1) is 6.04 Å². The molecule has 0 aromatic heterocycles. The highest BCUT2D eigenvalue weighted by Crippen LogP contribution is 2.15. The molecule has 1 amide bonds. The van der Waals surface area contributed by atoms with Crippen molar-refractivity contribution in [3.63, 3.8) is 0 Å². The topological polar surface area (TPSA) is 55.1 Å². The van der Waals surface area contributed by atoms with E-state index in [1.807, 2.05) is 38.1 Å². The molecule has 0 heterocycles. The Bertz CT molecular complexity index is 336. The summed E-state index contributed by atoms with van der Waals surface area (Å²) in [7, 11) is 0. The zero-order valence-corrected chi connectivity index (χ0v) is 9.29. The van der Waals surface area contributed by atoms with E-state index in [4.69, 9.17) is 5.73 Å². The van der Waals surface area contributed by atoms with Crippen LogP contribution in [0.4, 0.5) is 5.69 Å². The van der Waals surface area contributed by atoms with Gasteiger partial charge in [-0.1, -0.05) is 19.1 Å². The summed E-state index contributed by atoms with van der Waals surface area (Å²) in [6.07, 6.45) is 1.45. The zero-order chi connectivity index (χ0) is 11.3. The lowest BCUT2D eigenvalue weighted by Crippen LogP contribution is -2.26. The van der Waals surface area contributed by atoms with Crippen molar-refractivity contribution in [3.8, 4) is 0 Å². The van der Waals surface area contributed by atoms with Crippen molar-refractivity contribution in [2.24, 2.45) is 0 Å². The molecule has 0 aliphatic heterocycles. The molecule has 1 aromatic rings. The van der Waals surface area contributed by atoms with Gasteiger partial charge in [-0.25, -0.2) is 0 Å². The summed E-state index contributed by atoms with van der Waals surface area (Å²) in [5.74, 6) is 0.0902. The molecule has 0 aliphatic rings. The molecule has 0 saturated heterocycles. The molecule has 0 saturated carbocycles. The Labute approximate surface area is 90.7 Å². The molecule has 1 atom stereocenters. The number of carbonyl (C=O) groups is 1. The third-order valence-corrected chi connectivity index (χ3v) is 2.27. The fourth-order valence-corrected chi connectivity index (χ4v) is 1.45. The van der Waals surface area contributed by atoms with E-state index in [-0.39, 0.29) is 11.9 Å². The maximum absolute atomic E-state index is 11.4.